The van der Waals surface area contributed by atoms with Gasteiger partial charge in [-0.05, 0) is 44.9 Å². The molecule has 0 aliphatic carbocycles. The Morgan fingerprint density at radius 1 is 0.443 bits per heavy atom. The van der Waals surface area contributed by atoms with Gasteiger partial charge in [0.2, 0.25) is 0 Å². The van der Waals surface area contributed by atoms with E-state index in [1.165, 1.54) is 199 Å². The van der Waals surface area contributed by atoms with Gasteiger partial charge in [0.25, 0.3) is 0 Å². The summed E-state index contributed by atoms with van der Waals surface area (Å²) in [6.45, 7) is 4.61. The van der Waals surface area contributed by atoms with Crippen LogP contribution in [0.4, 0.5) is 0 Å². The summed E-state index contributed by atoms with van der Waals surface area (Å²) in [7, 11) is 5.44. The Morgan fingerprint density at radius 2 is 0.800 bits per heavy atom. The number of quaternary nitrogens is 1. The number of carbonyl (C=O) groups is 3. The monoisotopic (exact) mass is 986 g/mol. The quantitative estimate of drug-likeness (QED) is 0.0259. The lowest BCUT2D eigenvalue weighted by Crippen LogP contribution is -2.55. The minimum absolute atomic E-state index is 0.0452. The van der Waals surface area contributed by atoms with Gasteiger partial charge in [-0.2, -0.15) is 0 Å². The molecule has 0 saturated carbocycles. The maximum absolute atomic E-state index is 12.8. The highest BCUT2D eigenvalue weighted by Crippen LogP contribution is 2.18. The maximum Gasteiger partial charge on any atom is 0.306 e. The van der Waals surface area contributed by atoms with Gasteiger partial charge in [-0.15, -0.1) is 0 Å². The van der Waals surface area contributed by atoms with Crippen molar-refractivity contribution in [3.63, 3.8) is 0 Å². The first-order chi connectivity index (χ1) is 34.1. The third-order valence-corrected chi connectivity index (χ3v) is 13.8. The van der Waals surface area contributed by atoms with E-state index in [2.05, 4.69) is 50.3 Å². The molecular formula is C62H115NO7. The number of ether oxygens (including phenoxy) is 3. The molecule has 410 valence electrons. The van der Waals surface area contributed by atoms with Crippen LogP contribution in [0.3, 0.4) is 0 Å². The van der Waals surface area contributed by atoms with Gasteiger partial charge in [0.15, 0.2) is 6.10 Å². The molecule has 0 aromatic heterocycles. The van der Waals surface area contributed by atoms with E-state index in [0.29, 0.717) is 12.8 Å². The largest absolute Gasteiger partial charge is 0.544 e. The van der Waals surface area contributed by atoms with Crippen LogP contribution in [0.2, 0.25) is 0 Å². The molecule has 0 bridgehead atoms. The number of carboxylic acid groups (broad SMARTS) is 1. The number of esters is 2. The highest BCUT2D eigenvalue weighted by molar-refractivity contribution is 5.70. The fourth-order valence-electron chi connectivity index (χ4n) is 9.21. The average Bonchev–Trinajstić information content (AvgIpc) is 3.33. The van der Waals surface area contributed by atoms with Gasteiger partial charge in [-0.3, -0.25) is 9.59 Å². The molecule has 0 aliphatic heterocycles. The van der Waals surface area contributed by atoms with Gasteiger partial charge < -0.3 is 28.6 Å². The first kappa shape index (κ1) is 67.5. The van der Waals surface area contributed by atoms with E-state index in [-0.39, 0.29) is 42.7 Å². The topological polar surface area (TPSA) is 102 Å². The van der Waals surface area contributed by atoms with Crippen LogP contribution in [-0.2, 0) is 28.6 Å². The second-order valence-corrected chi connectivity index (χ2v) is 21.6. The second kappa shape index (κ2) is 52.9. The molecule has 0 radical (unpaired) electrons. The standard InChI is InChI=1S/C62H115NO7/c1-6-8-10-12-14-16-18-20-22-24-26-28-30-32-34-36-38-40-42-44-46-48-50-52-60(64)69-57-58(56-68-55-54-59(62(66)67)63(3,4)5)70-61(65)53-51-49-47-45-43-41-39-37-35-33-31-29-27-25-23-21-19-17-15-13-11-9-7-2/h8,10,14,16,20,22,58-59H,6-7,9,11-13,15,17-19,21,23-57H2,1-5H3/b10-8+,16-14+,22-20+. The van der Waals surface area contributed by atoms with E-state index in [4.69, 9.17) is 14.2 Å². The summed E-state index contributed by atoms with van der Waals surface area (Å²) in [6, 6.07) is -0.725. The van der Waals surface area contributed by atoms with Gasteiger partial charge >= 0.3 is 11.9 Å². The minimum Gasteiger partial charge on any atom is -0.544 e. The van der Waals surface area contributed by atoms with Crippen LogP contribution in [0.1, 0.15) is 290 Å². The zero-order chi connectivity index (χ0) is 51.3. The van der Waals surface area contributed by atoms with Crippen molar-refractivity contribution in [3.05, 3.63) is 36.5 Å². The van der Waals surface area contributed by atoms with Crippen LogP contribution in [-0.4, -0.2) is 75.5 Å². The molecule has 2 unspecified atom stereocenters. The summed E-state index contributed by atoms with van der Waals surface area (Å²) in [5.74, 6) is -1.71. The first-order valence-electron chi connectivity index (χ1n) is 30.0. The molecule has 0 N–H and O–H groups in total. The SMILES string of the molecule is CC/C=C/C/C=C/C/C=C/CCCCCCCCCCCCCCCC(=O)OCC(COCCC(C(=O)[O-])[N+](C)(C)C)OC(=O)CCCCCCCCCCCCCCCCCCCCCCCCC. The lowest BCUT2D eigenvalue weighted by molar-refractivity contribution is -0.889. The molecule has 0 aromatic rings. The van der Waals surface area contributed by atoms with Gasteiger partial charge in [0.1, 0.15) is 12.6 Å². The van der Waals surface area contributed by atoms with Crippen LogP contribution < -0.4 is 5.11 Å². The molecule has 0 saturated heterocycles. The number of aliphatic carboxylic acids is 1. The predicted molar refractivity (Wildman–Crippen MR) is 296 cm³/mol. The minimum atomic E-state index is -1.12. The molecule has 0 spiro atoms. The highest BCUT2D eigenvalue weighted by Gasteiger charge is 2.25. The Balaban J connectivity index is 4.10. The summed E-state index contributed by atoms with van der Waals surface area (Å²) in [5.41, 5.74) is 0. The van der Waals surface area contributed by atoms with Crippen molar-refractivity contribution in [2.45, 2.75) is 302 Å². The molecule has 0 rings (SSSR count). The number of allylic oxidation sites excluding steroid dienone is 6. The van der Waals surface area contributed by atoms with Gasteiger partial charge in [0, 0.05) is 19.3 Å². The third kappa shape index (κ3) is 50.5. The Morgan fingerprint density at radius 3 is 1.19 bits per heavy atom. The fourth-order valence-corrected chi connectivity index (χ4v) is 9.21. The molecule has 0 fully saturated rings. The second-order valence-electron chi connectivity index (χ2n) is 21.6. The Hall–Kier alpha value is -2.45. The summed E-state index contributed by atoms with van der Waals surface area (Å²) < 4.78 is 17.3. The molecule has 8 heteroatoms. The number of rotatable bonds is 55. The van der Waals surface area contributed by atoms with E-state index < -0.39 is 18.1 Å². The Labute approximate surface area is 434 Å². The summed E-state index contributed by atoms with van der Waals surface area (Å²) >= 11 is 0. The third-order valence-electron chi connectivity index (χ3n) is 13.8. The summed E-state index contributed by atoms with van der Waals surface area (Å²) in [4.78, 5) is 37.2. The van der Waals surface area contributed by atoms with Crippen LogP contribution in [0.5, 0.6) is 0 Å². The van der Waals surface area contributed by atoms with Crippen molar-refractivity contribution < 1.29 is 38.2 Å². The van der Waals surface area contributed by atoms with Gasteiger partial charge in [-0.25, -0.2) is 0 Å². The van der Waals surface area contributed by atoms with Crippen molar-refractivity contribution >= 4 is 17.9 Å². The van der Waals surface area contributed by atoms with Crippen molar-refractivity contribution in [1.82, 2.24) is 0 Å². The van der Waals surface area contributed by atoms with E-state index in [0.717, 1.165) is 57.8 Å². The molecule has 0 aromatic carbocycles. The lowest BCUT2D eigenvalue weighted by atomic mass is 10.0. The van der Waals surface area contributed by atoms with E-state index in [9.17, 15) is 19.5 Å². The zero-order valence-corrected chi connectivity index (χ0v) is 47.0. The summed E-state index contributed by atoms with van der Waals surface area (Å²) in [6.07, 6.45) is 64.8. The normalized spacial score (nSPS) is 13.0. The molecular weight excluding hydrogens is 871 g/mol. The fraction of sp³-hybridized carbons (Fsp3) is 0.855. The van der Waals surface area contributed by atoms with Crippen molar-refractivity contribution in [2.24, 2.45) is 0 Å². The van der Waals surface area contributed by atoms with Crippen molar-refractivity contribution in [1.29, 1.82) is 0 Å². The number of carbonyl (C=O) groups excluding carboxylic acids is 3. The lowest BCUT2D eigenvalue weighted by Gasteiger charge is -2.34. The molecule has 0 heterocycles. The predicted octanol–water partition coefficient (Wildman–Crippen LogP) is 16.8. The van der Waals surface area contributed by atoms with E-state index >= 15 is 0 Å². The average molecular weight is 987 g/mol. The smallest absolute Gasteiger partial charge is 0.306 e. The maximum atomic E-state index is 12.8. The van der Waals surface area contributed by atoms with E-state index in [1.807, 2.05) is 21.1 Å². The number of likely N-dealkylation sites (N-methyl/N-ethyl adjacent to an activating group) is 1. The van der Waals surface area contributed by atoms with Crippen LogP contribution >= 0.6 is 0 Å². The number of carboxylic acids is 1. The number of hydrogen-bond acceptors (Lipinski definition) is 7. The molecule has 8 nitrogen and oxygen atoms in total. The van der Waals surface area contributed by atoms with Crippen molar-refractivity contribution in [3.8, 4) is 0 Å². The van der Waals surface area contributed by atoms with E-state index in [1.54, 1.807) is 0 Å². The van der Waals surface area contributed by atoms with Gasteiger partial charge in [0.05, 0.1) is 40.3 Å². The summed E-state index contributed by atoms with van der Waals surface area (Å²) in [5, 5.41) is 11.7. The van der Waals surface area contributed by atoms with Crippen LogP contribution in [0.15, 0.2) is 36.5 Å². The molecule has 0 aliphatic rings. The number of unbranched alkanes of at least 4 members (excludes halogenated alkanes) is 35. The number of nitrogens with zero attached hydrogens (tertiary/aromatic N) is 1. The highest BCUT2D eigenvalue weighted by atomic mass is 16.6. The Kier molecular flexibility index (Phi) is 51.0. The van der Waals surface area contributed by atoms with Crippen molar-refractivity contribution in [2.75, 3.05) is 41.0 Å². The molecule has 2 atom stereocenters. The Bertz CT molecular complexity index is 1240. The molecule has 0 amide bonds. The number of hydrogen-bond donors (Lipinski definition) is 0. The molecule has 70 heavy (non-hydrogen) atoms. The van der Waals surface area contributed by atoms with Gasteiger partial charge in [-0.1, -0.05) is 262 Å². The first-order valence-corrected chi connectivity index (χ1v) is 30.0. The zero-order valence-electron chi connectivity index (χ0n) is 47.0. The van der Waals surface area contributed by atoms with Crippen LogP contribution in [0.25, 0.3) is 0 Å². The van der Waals surface area contributed by atoms with Crippen LogP contribution in [0, 0.1) is 0 Å².